The second-order valence-corrected chi connectivity index (χ2v) is 9.77. The van der Waals surface area contributed by atoms with Gasteiger partial charge in [0.05, 0.1) is 6.10 Å². The largest absolute Gasteiger partial charge is 0.573 e. The molecule has 3 aliphatic rings. The first-order valence-electron chi connectivity index (χ1n) is 12.2. The van der Waals surface area contributed by atoms with Crippen LogP contribution in [0.15, 0.2) is 24.3 Å². The van der Waals surface area contributed by atoms with Crippen molar-refractivity contribution in [3.63, 3.8) is 0 Å². The summed E-state index contributed by atoms with van der Waals surface area (Å²) in [5.41, 5.74) is 0.142. The van der Waals surface area contributed by atoms with Gasteiger partial charge in [0, 0.05) is 50.9 Å². The van der Waals surface area contributed by atoms with Crippen LogP contribution < -0.4 is 10.1 Å². The third-order valence-electron chi connectivity index (χ3n) is 7.37. The number of rotatable bonds is 6. The van der Waals surface area contributed by atoms with Gasteiger partial charge in [0.15, 0.2) is 0 Å². The molecular weight excluding hydrogens is 481 g/mol. The lowest BCUT2D eigenvalue weighted by Gasteiger charge is -2.39. The van der Waals surface area contributed by atoms with E-state index in [-0.39, 0.29) is 42.4 Å². The number of β-amino-alcohol motifs (C(OH)–C–C–N with tert-alkyl or cyclic N) is 1. The van der Waals surface area contributed by atoms with Crippen LogP contribution in [0.4, 0.5) is 23.7 Å². The van der Waals surface area contributed by atoms with E-state index in [4.69, 9.17) is 0 Å². The number of piperidine rings is 1. The molecule has 0 radical (unpaired) electrons. The van der Waals surface area contributed by atoms with Gasteiger partial charge in [-0.1, -0.05) is 6.07 Å². The third-order valence-corrected chi connectivity index (χ3v) is 7.37. The second-order valence-electron chi connectivity index (χ2n) is 9.77. The van der Waals surface area contributed by atoms with Crippen LogP contribution in [0.25, 0.3) is 0 Å². The predicted molar refractivity (Wildman–Crippen MR) is 123 cm³/mol. The Hall–Kier alpha value is -3.02. The SMILES string of the molecule is CC1C(=O)N(CCCC(=O)N2CCC3(CC3)C(O)C2)CCN1C(=O)Nc1cccc(OC(F)(F)F)c1. The summed E-state index contributed by atoms with van der Waals surface area (Å²) in [6.45, 7) is 3.52. The number of amides is 4. The van der Waals surface area contributed by atoms with E-state index in [0.29, 0.717) is 26.1 Å². The zero-order valence-corrected chi connectivity index (χ0v) is 20.1. The number of carbonyl (C=O) groups is 3. The Morgan fingerprint density at radius 2 is 1.94 bits per heavy atom. The maximum absolute atomic E-state index is 12.8. The second kappa shape index (κ2) is 10.2. The monoisotopic (exact) mass is 512 g/mol. The number of nitrogens with one attached hydrogen (secondary N) is 1. The zero-order chi connectivity index (χ0) is 26.1. The first-order valence-corrected chi connectivity index (χ1v) is 12.2. The molecule has 1 spiro atoms. The molecule has 12 heteroatoms. The average Bonchev–Trinajstić information content (AvgIpc) is 3.58. The van der Waals surface area contributed by atoms with Gasteiger partial charge in [0.1, 0.15) is 11.8 Å². The summed E-state index contributed by atoms with van der Waals surface area (Å²) >= 11 is 0. The molecular formula is C24H31F3N4O5. The molecule has 1 aliphatic carbocycles. The molecule has 1 saturated carbocycles. The van der Waals surface area contributed by atoms with Crippen molar-refractivity contribution in [3.05, 3.63) is 24.3 Å². The number of urea groups is 1. The number of benzene rings is 1. The number of anilines is 1. The molecule has 4 rings (SSSR count). The van der Waals surface area contributed by atoms with E-state index in [9.17, 15) is 32.7 Å². The number of aliphatic hydroxyl groups is 1. The lowest BCUT2D eigenvalue weighted by molar-refractivity contribution is -0.274. The number of halogens is 3. The Morgan fingerprint density at radius 3 is 2.61 bits per heavy atom. The van der Waals surface area contributed by atoms with E-state index in [1.165, 1.54) is 17.0 Å². The van der Waals surface area contributed by atoms with Crippen molar-refractivity contribution in [3.8, 4) is 5.75 Å². The number of carbonyl (C=O) groups excluding carboxylic acids is 3. The van der Waals surface area contributed by atoms with Crippen LogP contribution in [0.3, 0.4) is 0 Å². The quantitative estimate of drug-likeness (QED) is 0.611. The van der Waals surface area contributed by atoms with E-state index >= 15 is 0 Å². The van der Waals surface area contributed by atoms with Crippen molar-refractivity contribution < 1.29 is 37.4 Å². The highest BCUT2D eigenvalue weighted by atomic mass is 19.4. The summed E-state index contributed by atoms with van der Waals surface area (Å²) in [5.74, 6) is -0.753. The van der Waals surface area contributed by atoms with Gasteiger partial charge in [-0.3, -0.25) is 9.59 Å². The van der Waals surface area contributed by atoms with Crippen LogP contribution >= 0.6 is 0 Å². The minimum absolute atomic E-state index is 0.0280. The minimum atomic E-state index is -4.85. The maximum Gasteiger partial charge on any atom is 0.573 e. The van der Waals surface area contributed by atoms with Gasteiger partial charge < -0.3 is 29.9 Å². The number of hydrogen-bond donors (Lipinski definition) is 2. The topological polar surface area (TPSA) is 102 Å². The molecule has 198 valence electrons. The fourth-order valence-corrected chi connectivity index (χ4v) is 4.96. The maximum atomic E-state index is 12.8. The predicted octanol–water partition coefficient (Wildman–Crippen LogP) is 2.80. The van der Waals surface area contributed by atoms with Crippen molar-refractivity contribution in [2.24, 2.45) is 5.41 Å². The summed E-state index contributed by atoms with van der Waals surface area (Å²) in [4.78, 5) is 42.7. The first kappa shape index (κ1) is 26.1. The molecule has 1 aromatic rings. The Balaban J connectivity index is 1.23. The summed E-state index contributed by atoms with van der Waals surface area (Å²) in [7, 11) is 0. The van der Waals surface area contributed by atoms with E-state index in [0.717, 1.165) is 31.4 Å². The molecule has 9 nitrogen and oxygen atoms in total. The molecule has 4 amide bonds. The number of nitrogens with zero attached hydrogens (tertiary/aromatic N) is 3. The Bertz CT molecular complexity index is 1000. The van der Waals surface area contributed by atoms with Gasteiger partial charge in [0.2, 0.25) is 11.8 Å². The van der Waals surface area contributed by atoms with Crippen molar-refractivity contribution in [1.29, 1.82) is 0 Å². The fourth-order valence-electron chi connectivity index (χ4n) is 4.96. The van der Waals surface area contributed by atoms with E-state index < -0.39 is 30.3 Å². The lowest BCUT2D eigenvalue weighted by Crippen LogP contribution is -2.58. The number of likely N-dealkylation sites (tertiary alicyclic amines) is 1. The highest BCUT2D eigenvalue weighted by molar-refractivity contribution is 5.94. The van der Waals surface area contributed by atoms with E-state index in [2.05, 4.69) is 10.1 Å². The Morgan fingerprint density at radius 1 is 1.19 bits per heavy atom. The van der Waals surface area contributed by atoms with Crippen molar-refractivity contribution in [1.82, 2.24) is 14.7 Å². The fraction of sp³-hybridized carbons (Fsp3) is 0.625. The van der Waals surface area contributed by atoms with Crippen LogP contribution in [-0.2, 0) is 9.59 Å². The smallest absolute Gasteiger partial charge is 0.406 e. The number of alkyl halides is 3. The molecule has 2 saturated heterocycles. The molecule has 2 atom stereocenters. The molecule has 2 unspecified atom stereocenters. The Kier molecular flexibility index (Phi) is 7.35. The summed E-state index contributed by atoms with van der Waals surface area (Å²) in [6, 6.07) is 3.54. The highest BCUT2D eigenvalue weighted by Crippen LogP contribution is 2.53. The van der Waals surface area contributed by atoms with Gasteiger partial charge in [-0.2, -0.15) is 0 Å². The van der Waals surface area contributed by atoms with Gasteiger partial charge in [-0.15, -0.1) is 13.2 Å². The number of piperazine rings is 1. The lowest BCUT2D eigenvalue weighted by atomic mass is 9.90. The van der Waals surface area contributed by atoms with Crippen molar-refractivity contribution in [2.45, 2.75) is 57.5 Å². The van der Waals surface area contributed by atoms with Crippen molar-refractivity contribution in [2.75, 3.05) is 38.0 Å². The van der Waals surface area contributed by atoms with Crippen LogP contribution in [0, 0.1) is 5.41 Å². The zero-order valence-electron chi connectivity index (χ0n) is 20.1. The van der Waals surface area contributed by atoms with Crippen LogP contribution in [-0.4, -0.2) is 88.9 Å². The van der Waals surface area contributed by atoms with Crippen LogP contribution in [0.2, 0.25) is 0 Å². The highest BCUT2D eigenvalue weighted by Gasteiger charge is 2.51. The molecule has 0 aromatic heterocycles. The number of ether oxygens (including phenoxy) is 1. The van der Waals surface area contributed by atoms with E-state index in [1.807, 2.05) is 0 Å². The molecule has 2 aliphatic heterocycles. The summed E-state index contributed by atoms with van der Waals surface area (Å²) < 4.78 is 41.2. The molecule has 2 heterocycles. The molecule has 2 N–H and O–H groups in total. The molecule has 1 aromatic carbocycles. The standard InChI is InChI=1S/C24H31F3N4O5/c1-16-21(34)29(10-3-6-20(33)30-11-9-23(7-8-23)19(32)15-30)12-13-31(16)22(35)28-17-4-2-5-18(14-17)36-24(25,26)27/h2,4-5,14,16,19,32H,3,6-13,15H2,1H3,(H,28,35). The minimum Gasteiger partial charge on any atom is -0.406 e. The van der Waals surface area contributed by atoms with Gasteiger partial charge in [0.25, 0.3) is 0 Å². The number of hydrogen-bond acceptors (Lipinski definition) is 5. The van der Waals surface area contributed by atoms with Crippen LogP contribution in [0.5, 0.6) is 5.75 Å². The number of aliphatic hydroxyl groups excluding tert-OH is 1. The Labute approximate surface area is 207 Å². The molecule has 36 heavy (non-hydrogen) atoms. The summed E-state index contributed by atoms with van der Waals surface area (Å²) in [5, 5.41) is 12.8. The molecule has 0 bridgehead atoms. The van der Waals surface area contributed by atoms with Gasteiger partial charge in [-0.05, 0) is 50.2 Å². The van der Waals surface area contributed by atoms with Crippen molar-refractivity contribution >= 4 is 23.5 Å². The van der Waals surface area contributed by atoms with Crippen LogP contribution in [0.1, 0.15) is 39.0 Å². The average molecular weight is 513 g/mol. The summed E-state index contributed by atoms with van der Waals surface area (Å²) in [6.07, 6.45) is -1.67. The van der Waals surface area contributed by atoms with Gasteiger partial charge in [-0.25, -0.2) is 4.79 Å². The normalized spacial score (nSPS) is 23.6. The van der Waals surface area contributed by atoms with Gasteiger partial charge >= 0.3 is 12.4 Å². The van der Waals surface area contributed by atoms with E-state index in [1.54, 1.807) is 16.7 Å². The third kappa shape index (κ3) is 6.03. The molecule has 3 fully saturated rings. The first-order chi connectivity index (χ1) is 17.0.